The first kappa shape index (κ1) is 40.4. The average Bonchev–Trinajstić information content (AvgIpc) is 3.39. The van der Waals surface area contributed by atoms with E-state index < -0.39 is 0 Å². The second-order valence-corrected chi connectivity index (χ2v) is 11.8. The van der Waals surface area contributed by atoms with Crippen LogP contribution >= 0.6 is 11.6 Å². The van der Waals surface area contributed by atoms with Gasteiger partial charge in [0.1, 0.15) is 5.75 Å². The number of fused-ring (bicyclic) bond motifs is 1. The Morgan fingerprint density at radius 3 is 2.12 bits per heavy atom. The van der Waals surface area contributed by atoms with Crippen LogP contribution in [0, 0.1) is 6.92 Å². The standard InChI is InChI=1S/C37H40ClN5O3.Al.2Co/c1-27-33(34-23-32(46-2)17-18-35(34)43(27)37(45)28-13-15-29(38)16-14-28)24-36(44)41-21-7-3-4-10-22-42(25-30-11-5-8-19-39-30)26-31-12-6-9-20-40-31;;;/h5-6,8-9,11-20,23H,3-4,7,10,21-22,24-26H2,1-2H3,(H,41,44);;;. The number of ether oxygens (including phenoxy) is 1. The second-order valence-electron chi connectivity index (χ2n) is 11.4. The first-order chi connectivity index (χ1) is 23.4. The quantitative estimate of drug-likeness (QED) is 0.0949. The van der Waals surface area contributed by atoms with Crippen molar-refractivity contribution < 1.29 is 44.4 Å². The third-order valence-electron chi connectivity index (χ3n) is 8.12. The molecule has 0 bridgehead atoms. The number of hydrogen-bond acceptors (Lipinski definition) is 6. The van der Waals surface area contributed by atoms with Crippen LogP contribution in [0.2, 0.25) is 5.02 Å². The molecule has 8 nitrogen and oxygen atoms in total. The van der Waals surface area contributed by atoms with E-state index in [0.717, 1.165) is 78.9 Å². The summed E-state index contributed by atoms with van der Waals surface area (Å²) in [5.74, 6) is 0.430. The molecule has 0 aliphatic heterocycles. The SMILES string of the molecule is COc1ccc2c(c1)c(CC(=O)NCCCCCCN(Cc1ccccn1)Cc1ccccn1)c(C)n2C(=O)c1ccc(Cl)cc1.[Al]=[Co].[Co]. The molecule has 49 heavy (non-hydrogen) atoms. The Kier molecular flexibility index (Phi) is 17.6. The fraction of sp³-hybridized carbons (Fsp3) is 0.297. The molecule has 0 saturated heterocycles. The van der Waals surface area contributed by atoms with Gasteiger partial charge in [-0.25, -0.2) is 0 Å². The van der Waals surface area contributed by atoms with Crippen molar-refractivity contribution in [2.75, 3.05) is 20.2 Å². The Morgan fingerprint density at radius 1 is 0.898 bits per heavy atom. The number of rotatable bonds is 15. The van der Waals surface area contributed by atoms with Crippen molar-refractivity contribution >= 4 is 48.3 Å². The van der Waals surface area contributed by atoms with Crippen LogP contribution in [0.5, 0.6) is 5.75 Å². The van der Waals surface area contributed by atoms with Gasteiger partial charge in [0.2, 0.25) is 5.91 Å². The molecule has 0 fully saturated rings. The Labute approximate surface area is 318 Å². The first-order valence-electron chi connectivity index (χ1n) is 15.9. The molecule has 0 atom stereocenters. The summed E-state index contributed by atoms with van der Waals surface area (Å²) < 4.78 is 7.13. The van der Waals surface area contributed by atoms with Gasteiger partial charge >= 0.3 is 27.3 Å². The zero-order chi connectivity index (χ0) is 34.3. The van der Waals surface area contributed by atoms with Gasteiger partial charge in [0.25, 0.3) is 5.91 Å². The van der Waals surface area contributed by atoms with Crippen molar-refractivity contribution in [2.45, 2.75) is 52.1 Å². The third kappa shape index (κ3) is 11.8. The van der Waals surface area contributed by atoms with Gasteiger partial charge in [-0.1, -0.05) is 36.6 Å². The zero-order valence-electron chi connectivity index (χ0n) is 27.7. The van der Waals surface area contributed by atoms with E-state index in [1.165, 1.54) is 0 Å². The number of pyridine rings is 2. The molecule has 0 unspecified atom stereocenters. The minimum Gasteiger partial charge on any atom is 0 e. The number of benzene rings is 2. The summed E-state index contributed by atoms with van der Waals surface area (Å²) in [4.78, 5) is 38.0. The number of carbonyl (C=O) groups is 2. The van der Waals surface area contributed by atoms with Crippen molar-refractivity contribution in [3.05, 3.63) is 124 Å². The number of aromatic nitrogens is 3. The molecular formula is C37H40AlClCo2N5O3. The second kappa shape index (κ2) is 21.3. The normalized spacial score (nSPS) is 10.6. The smallest absolute Gasteiger partial charge is 0 e. The maximum Gasteiger partial charge on any atom is 0 e. The Balaban J connectivity index is 0.00000213. The molecule has 5 rings (SSSR count). The van der Waals surface area contributed by atoms with Crippen LogP contribution in [-0.2, 0) is 54.4 Å². The topological polar surface area (TPSA) is 89.3 Å². The molecule has 12 heteroatoms. The number of unbranched alkanes of at least 4 members (excludes halogenated alkanes) is 3. The van der Waals surface area contributed by atoms with Crippen LogP contribution in [-0.4, -0.2) is 65.4 Å². The molecular weight excluding hydrogens is 743 g/mol. The molecule has 0 saturated carbocycles. The van der Waals surface area contributed by atoms with Crippen molar-refractivity contribution in [2.24, 2.45) is 0 Å². The maximum absolute atomic E-state index is 13.5. The number of methoxy groups -OCH3 is 1. The summed E-state index contributed by atoms with van der Waals surface area (Å²) in [5.41, 5.74) is 4.91. The number of nitrogens with one attached hydrogen (secondary N) is 1. The van der Waals surface area contributed by atoms with Crippen LogP contribution in [0.3, 0.4) is 0 Å². The maximum atomic E-state index is 13.5. The molecule has 2 radical (unpaired) electrons. The van der Waals surface area contributed by atoms with E-state index in [9.17, 15) is 9.59 Å². The van der Waals surface area contributed by atoms with Gasteiger partial charge in [-0.2, -0.15) is 0 Å². The van der Waals surface area contributed by atoms with E-state index in [0.29, 0.717) is 22.9 Å². The van der Waals surface area contributed by atoms with E-state index in [2.05, 4.69) is 59.6 Å². The van der Waals surface area contributed by atoms with Crippen molar-refractivity contribution in [3.63, 3.8) is 0 Å². The summed E-state index contributed by atoms with van der Waals surface area (Å²) in [5, 5.41) is 4.48. The van der Waals surface area contributed by atoms with Gasteiger partial charge in [-0.05, 0) is 98.6 Å². The molecule has 0 spiro atoms. The minimum absolute atomic E-state index is 0. The Hall–Kier alpha value is -2.98. The van der Waals surface area contributed by atoms with Crippen molar-refractivity contribution in [1.29, 1.82) is 0 Å². The van der Waals surface area contributed by atoms with Gasteiger partial charge in [-0.3, -0.25) is 29.0 Å². The van der Waals surface area contributed by atoms with Crippen LogP contribution < -0.4 is 10.1 Å². The van der Waals surface area contributed by atoms with Crippen molar-refractivity contribution in [3.8, 4) is 5.75 Å². The average molecular weight is 783 g/mol. The van der Waals surface area contributed by atoms with Gasteiger partial charge in [0, 0.05) is 70.5 Å². The Bertz CT molecular complexity index is 1730. The van der Waals surface area contributed by atoms with E-state index in [1.54, 1.807) is 35.9 Å². The van der Waals surface area contributed by atoms with E-state index in [-0.39, 0.29) is 35.0 Å². The monoisotopic (exact) mass is 782 g/mol. The molecule has 0 aliphatic carbocycles. The molecule has 2 aromatic carbocycles. The van der Waals surface area contributed by atoms with Crippen molar-refractivity contribution in [1.82, 2.24) is 24.8 Å². The zero-order valence-corrected chi connectivity index (χ0v) is 31.7. The number of carbonyl (C=O) groups excluding carboxylic acids is 2. The minimum atomic E-state index is -0.172. The van der Waals surface area contributed by atoms with Gasteiger partial charge in [0.05, 0.1) is 30.4 Å². The molecule has 259 valence electrons. The Morgan fingerprint density at radius 2 is 1.53 bits per heavy atom. The van der Waals surface area contributed by atoms with Gasteiger partial charge in [-0.15, -0.1) is 0 Å². The van der Waals surface area contributed by atoms with E-state index in [4.69, 9.17) is 16.3 Å². The van der Waals surface area contributed by atoms with Crippen LogP contribution in [0.1, 0.15) is 58.7 Å². The molecule has 3 aromatic heterocycles. The van der Waals surface area contributed by atoms with Gasteiger partial charge < -0.3 is 10.1 Å². The summed E-state index contributed by atoms with van der Waals surface area (Å²) in [6.07, 6.45) is 7.87. The summed E-state index contributed by atoms with van der Waals surface area (Å²) in [6.45, 7) is 4.99. The number of nitrogens with zero attached hydrogens (tertiary/aromatic N) is 4. The fourth-order valence-electron chi connectivity index (χ4n) is 5.72. The van der Waals surface area contributed by atoms with Crippen LogP contribution in [0.4, 0.5) is 0 Å². The molecule has 1 amide bonds. The number of halogens is 1. The molecule has 3 heterocycles. The van der Waals surface area contributed by atoms with E-state index in [1.807, 2.05) is 61.8 Å². The van der Waals surface area contributed by atoms with Crippen LogP contribution in [0.25, 0.3) is 10.9 Å². The number of hydrogen-bond donors (Lipinski definition) is 1. The first-order valence-corrected chi connectivity index (χ1v) is 18.5. The summed E-state index contributed by atoms with van der Waals surface area (Å²) >= 11 is 11.6. The number of amides is 1. The molecule has 5 aromatic rings. The summed E-state index contributed by atoms with van der Waals surface area (Å²) in [6, 6.07) is 24.4. The predicted molar refractivity (Wildman–Crippen MR) is 188 cm³/mol. The van der Waals surface area contributed by atoms with Gasteiger partial charge in [0.15, 0.2) is 0 Å². The molecule has 0 aliphatic rings. The molecule has 1 N–H and O–H groups in total. The summed E-state index contributed by atoms with van der Waals surface area (Å²) in [7, 11) is 1.61. The van der Waals surface area contributed by atoms with E-state index >= 15 is 0 Å². The fourth-order valence-corrected chi connectivity index (χ4v) is 5.84. The predicted octanol–water partition coefficient (Wildman–Crippen LogP) is 6.63. The van der Waals surface area contributed by atoms with Crippen LogP contribution in [0.15, 0.2) is 91.3 Å². The third-order valence-corrected chi connectivity index (χ3v) is 8.37. The largest absolute Gasteiger partial charge is 0 e.